The third kappa shape index (κ3) is 6.87. The van der Waals surface area contributed by atoms with Crippen LogP contribution in [0.25, 0.3) is 10.2 Å². The average Bonchev–Trinajstić information content (AvgIpc) is 3.39. The van der Waals surface area contributed by atoms with Gasteiger partial charge in [-0.05, 0) is 55.9 Å². The monoisotopic (exact) mass is 595 g/mol. The van der Waals surface area contributed by atoms with E-state index in [2.05, 4.69) is 17.2 Å². The zero-order chi connectivity index (χ0) is 27.2. The van der Waals surface area contributed by atoms with E-state index >= 15 is 0 Å². The maximum Gasteiger partial charge on any atom is 0.341 e. The molecule has 2 amide bonds. The van der Waals surface area contributed by atoms with Crippen LogP contribution in [-0.4, -0.2) is 54.2 Å². The number of thioether (sulfide) groups is 1. The Bertz CT molecular complexity index is 1410. The second-order valence-corrected chi connectivity index (χ2v) is 12.5. The van der Waals surface area contributed by atoms with Gasteiger partial charge >= 0.3 is 5.97 Å². The number of carbonyl (C=O) groups is 3. The van der Waals surface area contributed by atoms with E-state index in [0.29, 0.717) is 46.1 Å². The van der Waals surface area contributed by atoms with Crippen molar-refractivity contribution in [2.24, 2.45) is 10.9 Å². The summed E-state index contributed by atoms with van der Waals surface area (Å²) in [6, 6.07) is 5.57. The van der Waals surface area contributed by atoms with Gasteiger partial charge in [0.1, 0.15) is 5.00 Å². The maximum absolute atomic E-state index is 12.7. The van der Waals surface area contributed by atoms with Crippen LogP contribution in [-0.2, 0) is 38.4 Å². The van der Waals surface area contributed by atoms with Crippen LogP contribution in [0.4, 0.5) is 5.00 Å². The Morgan fingerprint density at radius 1 is 1.26 bits per heavy atom. The smallest absolute Gasteiger partial charge is 0.341 e. The van der Waals surface area contributed by atoms with Gasteiger partial charge in [0.25, 0.3) is 5.91 Å². The molecule has 1 N–H and O–H groups in total. The summed E-state index contributed by atoms with van der Waals surface area (Å²) < 4.78 is 13.4. The number of amides is 2. The number of methoxy groups -OCH3 is 1. The summed E-state index contributed by atoms with van der Waals surface area (Å²) in [6.07, 6.45) is 2.69. The molecule has 8 nitrogen and oxygen atoms in total. The van der Waals surface area contributed by atoms with Crippen LogP contribution in [0.15, 0.2) is 23.2 Å². The number of thiazole rings is 1. The third-order valence-electron chi connectivity index (χ3n) is 6.14. The molecule has 0 saturated carbocycles. The second-order valence-electron chi connectivity index (χ2n) is 8.94. The van der Waals surface area contributed by atoms with Gasteiger partial charge in [0, 0.05) is 23.1 Å². The summed E-state index contributed by atoms with van der Waals surface area (Å²) in [7, 11) is 1.35. The van der Waals surface area contributed by atoms with Gasteiger partial charge in [0.05, 0.1) is 41.0 Å². The topological polar surface area (TPSA) is 99.0 Å². The molecule has 38 heavy (non-hydrogen) atoms. The molecule has 1 atom stereocenters. The van der Waals surface area contributed by atoms with Crippen LogP contribution < -0.4 is 10.1 Å². The van der Waals surface area contributed by atoms with E-state index in [0.717, 1.165) is 39.9 Å². The SMILES string of the molecule is CCOCCn1c(=NC(=O)CSCC(=O)Nc2sc3c(c2C(=O)OC)CCC(C)C3)sc2cc(Cl)ccc21. The van der Waals surface area contributed by atoms with E-state index in [1.807, 2.05) is 29.7 Å². The minimum Gasteiger partial charge on any atom is -0.465 e. The minimum absolute atomic E-state index is 0.0518. The Morgan fingerprint density at radius 3 is 2.84 bits per heavy atom. The molecule has 204 valence electrons. The van der Waals surface area contributed by atoms with Gasteiger partial charge in [-0.3, -0.25) is 9.59 Å². The van der Waals surface area contributed by atoms with Crippen molar-refractivity contribution in [1.82, 2.24) is 4.57 Å². The number of anilines is 1. The molecule has 1 aromatic carbocycles. The lowest BCUT2D eigenvalue weighted by molar-refractivity contribution is -0.115. The van der Waals surface area contributed by atoms with Crippen molar-refractivity contribution in [3.05, 3.63) is 44.0 Å². The van der Waals surface area contributed by atoms with Crippen molar-refractivity contribution in [3.63, 3.8) is 0 Å². The van der Waals surface area contributed by atoms with Crippen LogP contribution >= 0.6 is 46.0 Å². The minimum atomic E-state index is -0.434. The quantitative estimate of drug-likeness (QED) is 0.257. The maximum atomic E-state index is 12.7. The van der Waals surface area contributed by atoms with Gasteiger partial charge in [-0.1, -0.05) is 29.9 Å². The zero-order valence-electron chi connectivity index (χ0n) is 21.5. The summed E-state index contributed by atoms with van der Waals surface area (Å²) >= 11 is 10.2. The molecule has 1 aliphatic rings. The fourth-order valence-electron chi connectivity index (χ4n) is 4.34. The predicted molar refractivity (Wildman–Crippen MR) is 155 cm³/mol. The van der Waals surface area contributed by atoms with Crippen LogP contribution in [0.5, 0.6) is 0 Å². The molecule has 2 heterocycles. The number of benzene rings is 1. The highest BCUT2D eigenvalue weighted by Gasteiger charge is 2.28. The molecule has 1 unspecified atom stereocenters. The van der Waals surface area contributed by atoms with Gasteiger partial charge in [0.15, 0.2) is 4.80 Å². The van der Waals surface area contributed by atoms with E-state index < -0.39 is 5.97 Å². The number of carbonyl (C=O) groups excluding carboxylic acids is 3. The van der Waals surface area contributed by atoms with E-state index in [1.54, 1.807) is 0 Å². The van der Waals surface area contributed by atoms with E-state index in [1.165, 1.54) is 41.5 Å². The first kappa shape index (κ1) is 28.8. The molecule has 4 rings (SSSR count). The summed E-state index contributed by atoms with van der Waals surface area (Å²) in [5.41, 5.74) is 2.39. The number of aromatic nitrogens is 1. The van der Waals surface area contributed by atoms with E-state index in [9.17, 15) is 14.4 Å². The van der Waals surface area contributed by atoms with Crippen LogP contribution in [0.1, 0.15) is 41.1 Å². The number of esters is 1. The molecule has 0 bridgehead atoms. The number of rotatable bonds is 10. The first-order valence-electron chi connectivity index (χ1n) is 12.3. The van der Waals surface area contributed by atoms with Gasteiger partial charge in [0.2, 0.25) is 5.91 Å². The normalized spacial score (nSPS) is 15.5. The number of hydrogen-bond donors (Lipinski definition) is 1. The number of nitrogens with one attached hydrogen (secondary N) is 1. The lowest BCUT2D eigenvalue weighted by atomic mass is 9.88. The van der Waals surface area contributed by atoms with Crippen LogP contribution in [0, 0.1) is 5.92 Å². The molecule has 12 heteroatoms. The Labute approximate surface area is 238 Å². The number of hydrogen-bond acceptors (Lipinski definition) is 8. The number of halogens is 1. The summed E-state index contributed by atoms with van der Waals surface area (Å²) in [4.78, 5) is 43.8. The van der Waals surface area contributed by atoms with Crippen molar-refractivity contribution in [2.45, 2.75) is 39.7 Å². The molecular weight excluding hydrogens is 566 g/mol. The van der Waals surface area contributed by atoms with Crippen molar-refractivity contribution in [3.8, 4) is 0 Å². The number of nitrogens with zero attached hydrogens (tertiary/aromatic N) is 2. The van der Waals surface area contributed by atoms with Gasteiger partial charge < -0.3 is 19.4 Å². The standard InChI is InChI=1S/C26H30ClN3O5S3/c1-4-35-10-9-30-18-8-6-16(27)12-20(18)38-26(30)29-22(32)14-36-13-21(31)28-24-23(25(33)34-3)17-7-5-15(2)11-19(17)37-24/h6,8,12,15H,4-5,7,9-11,13-14H2,1-3H3,(H,28,31). The molecular formula is C26H30ClN3O5S3. The molecule has 0 saturated heterocycles. The summed E-state index contributed by atoms with van der Waals surface area (Å²) in [5.74, 6) is -0.388. The lowest BCUT2D eigenvalue weighted by Gasteiger charge is -2.18. The highest BCUT2D eigenvalue weighted by Crippen LogP contribution is 2.40. The fourth-order valence-corrected chi connectivity index (χ4v) is 7.70. The number of ether oxygens (including phenoxy) is 2. The highest BCUT2D eigenvalue weighted by molar-refractivity contribution is 8.00. The molecule has 1 aliphatic carbocycles. The largest absolute Gasteiger partial charge is 0.465 e. The summed E-state index contributed by atoms with van der Waals surface area (Å²) in [6.45, 7) is 5.78. The van der Waals surface area contributed by atoms with E-state index in [-0.39, 0.29) is 23.3 Å². The van der Waals surface area contributed by atoms with Gasteiger partial charge in [-0.25, -0.2) is 4.79 Å². The van der Waals surface area contributed by atoms with Crippen LogP contribution in [0.3, 0.4) is 0 Å². The fraction of sp³-hybridized carbons (Fsp3) is 0.462. The Kier molecular flexibility index (Phi) is 10.1. The van der Waals surface area contributed by atoms with Gasteiger partial charge in [-0.15, -0.1) is 23.1 Å². The van der Waals surface area contributed by atoms with Crippen molar-refractivity contribution >= 4 is 79.0 Å². The van der Waals surface area contributed by atoms with Crippen molar-refractivity contribution in [2.75, 3.05) is 37.1 Å². The highest BCUT2D eigenvalue weighted by atomic mass is 35.5. The average molecular weight is 596 g/mol. The lowest BCUT2D eigenvalue weighted by Crippen LogP contribution is -2.20. The van der Waals surface area contributed by atoms with Gasteiger partial charge in [-0.2, -0.15) is 4.99 Å². The zero-order valence-corrected chi connectivity index (χ0v) is 24.7. The predicted octanol–water partition coefficient (Wildman–Crippen LogP) is 5.16. The van der Waals surface area contributed by atoms with Crippen LogP contribution in [0.2, 0.25) is 5.02 Å². The van der Waals surface area contributed by atoms with Crippen molar-refractivity contribution in [1.29, 1.82) is 0 Å². The molecule has 0 radical (unpaired) electrons. The first-order chi connectivity index (χ1) is 18.3. The first-order valence-corrected chi connectivity index (χ1v) is 15.5. The molecule has 2 aromatic heterocycles. The Morgan fingerprint density at radius 2 is 2.08 bits per heavy atom. The summed E-state index contributed by atoms with van der Waals surface area (Å²) in [5, 5.41) is 4.01. The molecule has 0 spiro atoms. The second kappa shape index (κ2) is 13.3. The van der Waals surface area contributed by atoms with Crippen molar-refractivity contribution < 1.29 is 23.9 Å². The number of thiophene rings is 1. The molecule has 0 aliphatic heterocycles. The third-order valence-corrected chi connectivity index (χ3v) is 9.50. The Hall–Kier alpha value is -2.18. The van der Waals surface area contributed by atoms with E-state index in [4.69, 9.17) is 21.1 Å². The Balaban J connectivity index is 1.41. The number of fused-ring (bicyclic) bond motifs is 2. The molecule has 0 fully saturated rings. The molecule has 3 aromatic rings.